The quantitative estimate of drug-likeness (QED) is 0.257. The topological polar surface area (TPSA) is 210 Å². The molecule has 0 aliphatic heterocycles. The van der Waals surface area contributed by atoms with Gasteiger partial charge in [-0.25, -0.2) is 19.2 Å². The molecule has 0 fully saturated rings. The molecule has 0 saturated heterocycles. The minimum Gasteiger partial charge on any atom is -0.478 e. The third kappa shape index (κ3) is 32.5. The molecular weight excluding hydrogens is 464 g/mol. The molecule has 198 valence electrons. The van der Waals surface area contributed by atoms with Gasteiger partial charge >= 0.3 is 23.9 Å². The number of carboxylic acid groups (broad SMARTS) is 4. The van der Waals surface area contributed by atoms with E-state index in [0.717, 1.165) is 0 Å². The Morgan fingerprint density at radius 3 is 1.09 bits per heavy atom. The summed E-state index contributed by atoms with van der Waals surface area (Å²) in [6, 6.07) is 8.30. The minimum absolute atomic E-state index is 0.0335. The first-order chi connectivity index (χ1) is 16.1. The summed E-state index contributed by atoms with van der Waals surface area (Å²) in [5.41, 5.74) is 0.859. The number of rotatable bonds is 8. The molecular formula is C24H36O11. The van der Waals surface area contributed by atoms with Crippen LogP contribution in [0.1, 0.15) is 37.6 Å². The fourth-order valence-electron chi connectivity index (χ4n) is 1.00. The zero-order valence-electron chi connectivity index (χ0n) is 20.2. The molecule has 0 bridgehead atoms. The van der Waals surface area contributed by atoms with Gasteiger partial charge in [0.25, 0.3) is 0 Å². The van der Waals surface area contributed by atoms with E-state index < -0.39 is 23.9 Å². The van der Waals surface area contributed by atoms with E-state index >= 15 is 0 Å². The van der Waals surface area contributed by atoms with Crippen molar-refractivity contribution in [2.75, 3.05) is 19.8 Å². The normalized spacial score (nSPS) is 8.54. The monoisotopic (exact) mass is 500 g/mol. The van der Waals surface area contributed by atoms with Crippen LogP contribution >= 0.6 is 0 Å². The van der Waals surface area contributed by atoms with Crippen LogP contribution in [0.3, 0.4) is 0 Å². The number of aliphatic carboxylic acids is 3. The summed E-state index contributed by atoms with van der Waals surface area (Å²) >= 11 is 0. The lowest BCUT2D eigenvalue weighted by Crippen LogP contribution is -2.12. The highest BCUT2D eigenvalue weighted by Gasteiger charge is 2.02. The summed E-state index contributed by atoms with van der Waals surface area (Å²) in [4.78, 5) is 39.0. The molecule has 35 heavy (non-hydrogen) atoms. The maximum atomic E-state index is 10.2. The molecule has 0 aromatic heterocycles. The van der Waals surface area contributed by atoms with Crippen LogP contribution in [0.4, 0.5) is 0 Å². The highest BCUT2D eigenvalue weighted by Crippen LogP contribution is 1.97. The van der Waals surface area contributed by atoms with Gasteiger partial charge in [-0.05, 0) is 39.3 Å². The average molecular weight is 501 g/mol. The molecule has 0 heterocycles. The Labute approximate surface area is 204 Å². The molecule has 0 aliphatic rings. The Bertz CT molecular complexity index is 702. The Balaban J connectivity index is -0.000000174. The number of carbonyl (C=O) groups is 4. The molecule has 1 aromatic rings. The maximum Gasteiger partial charge on any atom is 0.335 e. The number of carboxylic acids is 4. The van der Waals surface area contributed by atoms with Crippen molar-refractivity contribution in [1.29, 1.82) is 0 Å². The number of aliphatic hydroxyl groups excluding tert-OH is 3. The van der Waals surface area contributed by atoms with E-state index in [1.807, 2.05) is 0 Å². The average Bonchev–Trinajstić information content (AvgIpc) is 2.79. The Hall–Kier alpha value is -3.80. The lowest BCUT2D eigenvalue weighted by molar-refractivity contribution is -0.133. The lowest BCUT2D eigenvalue weighted by Gasteiger charge is -2.06. The fourth-order valence-corrected chi connectivity index (χ4v) is 1.00. The first-order valence-corrected chi connectivity index (χ1v) is 9.86. The Morgan fingerprint density at radius 2 is 0.971 bits per heavy atom. The van der Waals surface area contributed by atoms with Gasteiger partial charge in [-0.15, -0.1) is 0 Å². The molecule has 1 aromatic carbocycles. The molecule has 1 rings (SSSR count). The summed E-state index contributed by atoms with van der Waals surface area (Å²) in [7, 11) is 0. The first-order valence-electron chi connectivity index (χ1n) is 9.86. The van der Waals surface area contributed by atoms with E-state index in [1.165, 1.54) is 20.8 Å². The summed E-state index contributed by atoms with van der Waals surface area (Å²) in [5.74, 6) is -3.82. The second-order valence-electron chi connectivity index (χ2n) is 6.67. The van der Waals surface area contributed by atoms with Crippen molar-refractivity contribution in [2.24, 2.45) is 5.92 Å². The van der Waals surface area contributed by atoms with E-state index in [2.05, 4.69) is 19.7 Å². The third-order valence-electron chi connectivity index (χ3n) is 3.17. The molecule has 7 N–H and O–H groups in total. The van der Waals surface area contributed by atoms with Crippen molar-refractivity contribution < 1.29 is 54.9 Å². The molecule has 0 amide bonds. The summed E-state index contributed by atoms with van der Waals surface area (Å²) < 4.78 is 0. The van der Waals surface area contributed by atoms with E-state index in [9.17, 15) is 19.2 Å². The zero-order chi connectivity index (χ0) is 28.6. The van der Waals surface area contributed by atoms with Crippen LogP contribution < -0.4 is 0 Å². The molecule has 11 heteroatoms. The van der Waals surface area contributed by atoms with Gasteiger partial charge in [-0.1, -0.05) is 37.9 Å². The van der Waals surface area contributed by atoms with Crippen molar-refractivity contribution in [3.05, 3.63) is 72.4 Å². The van der Waals surface area contributed by atoms with Crippen molar-refractivity contribution in [2.45, 2.75) is 27.2 Å². The van der Waals surface area contributed by atoms with Gasteiger partial charge in [0.2, 0.25) is 0 Å². The number of hydrogen-bond donors (Lipinski definition) is 7. The lowest BCUT2D eigenvalue weighted by atomic mass is 10.1. The third-order valence-corrected chi connectivity index (χ3v) is 3.17. The SMILES string of the molecule is C=C(C)C(=O)O.C=C(C)C(=O)O.C=C(C)C(=O)O.O=C(O)c1ccccc1.OCCC(CO)CO. The predicted molar refractivity (Wildman–Crippen MR) is 130 cm³/mol. The highest BCUT2D eigenvalue weighted by molar-refractivity contribution is 5.87. The van der Waals surface area contributed by atoms with Crippen LogP contribution in [0.2, 0.25) is 0 Å². The second-order valence-corrected chi connectivity index (χ2v) is 6.67. The van der Waals surface area contributed by atoms with Crippen molar-refractivity contribution >= 4 is 23.9 Å². The van der Waals surface area contributed by atoms with Crippen LogP contribution in [0.25, 0.3) is 0 Å². The van der Waals surface area contributed by atoms with Crippen LogP contribution in [0.5, 0.6) is 0 Å². The van der Waals surface area contributed by atoms with E-state index in [1.54, 1.807) is 30.3 Å². The number of aromatic carboxylic acids is 1. The van der Waals surface area contributed by atoms with E-state index in [0.29, 0.717) is 12.0 Å². The number of aliphatic hydroxyl groups is 3. The van der Waals surface area contributed by atoms with Crippen LogP contribution in [0, 0.1) is 5.92 Å². The molecule has 0 unspecified atom stereocenters. The standard InChI is InChI=1S/C7H6O2.C5H12O3.3C4H6O2/c8-7(9)6-4-2-1-3-5-6;6-2-1-5(3-7)4-8;3*1-3(2)4(5)6/h1-5H,(H,8,9);5-8H,1-4H2;3*1H2,2H3,(H,5,6). The minimum atomic E-state index is -0.935. The molecule has 11 nitrogen and oxygen atoms in total. The van der Waals surface area contributed by atoms with Gasteiger partial charge in [0.05, 0.1) is 5.56 Å². The van der Waals surface area contributed by atoms with Gasteiger partial charge in [0, 0.05) is 42.5 Å². The summed E-state index contributed by atoms with van der Waals surface area (Å²) in [5, 5.41) is 57.1. The molecule has 0 atom stereocenters. The largest absolute Gasteiger partial charge is 0.478 e. The predicted octanol–water partition coefficient (Wildman–Crippen LogP) is 2.30. The van der Waals surface area contributed by atoms with E-state index in [-0.39, 0.29) is 42.5 Å². The van der Waals surface area contributed by atoms with E-state index in [4.69, 9.17) is 35.7 Å². The molecule has 0 radical (unpaired) electrons. The number of benzene rings is 1. The second kappa shape index (κ2) is 24.8. The van der Waals surface area contributed by atoms with Crippen molar-refractivity contribution in [3.63, 3.8) is 0 Å². The Kier molecular flexibility index (Phi) is 27.3. The van der Waals surface area contributed by atoms with Gasteiger partial charge in [0.1, 0.15) is 0 Å². The first kappa shape index (κ1) is 38.5. The molecule has 0 spiro atoms. The summed E-state index contributed by atoms with van der Waals surface area (Å²) in [6.07, 6.45) is 0.479. The maximum absolute atomic E-state index is 10.2. The summed E-state index contributed by atoms with van der Waals surface area (Å²) in [6.45, 7) is 13.7. The van der Waals surface area contributed by atoms with Crippen LogP contribution in [0.15, 0.2) is 66.8 Å². The van der Waals surface area contributed by atoms with Gasteiger partial charge < -0.3 is 35.7 Å². The van der Waals surface area contributed by atoms with Crippen molar-refractivity contribution in [1.82, 2.24) is 0 Å². The van der Waals surface area contributed by atoms with Gasteiger partial charge in [-0.2, -0.15) is 0 Å². The van der Waals surface area contributed by atoms with Crippen LogP contribution in [-0.2, 0) is 14.4 Å². The van der Waals surface area contributed by atoms with Crippen LogP contribution in [-0.4, -0.2) is 79.4 Å². The zero-order valence-corrected chi connectivity index (χ0v) is 20.2. The Morgan fingerprint density at radius 1 is 0.686 bits per heavy atom. The van der Waals surface area contributed by atoms with Gasteiger partial charge in [0.15, 0.2) is 0 Å². The molecule has 0 saturated carbocycles. The smallest absolute Gasteiger partial charge is 0.335 e. The van der Waals surface area contributed by atoms with Crippen molar-refractivity contribution in [3.8, 4) is 0 Å². The number of hydrogen-bond acceptors (Lipinski definition) is 7. The highest BCUT2D eigenvalue weighted by atomic mass is 16.4. The van der Waals surface area contributed by atoms with Gasteiger partial charge in [-0.3, -0.25) is 0 Å². The molecule has 0 aliphatic carbocycles. The fraction of sp³-hybridized carbons (Fsp3) is 0.333.